The second-order valence-electron chi connectivity index (χ2n) is 5.26. The Morgan fingerprint density at radius 2 is 2.16 bits per heavy atom. The van der Waals surface area contributed by atoms with E-state index in [2.05, 4.69) is 4.90 Å². The van der Waals surface area contributed by atoms with E-state index in [0.29, 0.717) is 12.3 Å². The highest BCUT2D eigenvalue weighted by molar-refractivity contribution is 6.30. The van der Waals surface area contributed by atoms with Crippen molar-refractivity contribution in [3.05, 3.63) is 29.3 Å². The average molecular weight is 282 g/mol. The molecule has 1 aromatic carbocycles. The van der Waals surface area contributed by atoms with Crippen molar-refractivity contribution in [2.24, 2.45) is 11.8 Å². The Balaban J connectivity index is 1.92. The number of carbonyl (C=O) groups is 1. The van der Waals surface area contributed by atoms with Crippen molar-refractivity contribution >= 4 is 23.3 Å². The number of carboxylic acids is 1. The summed E-state index contributed by atoms with van der Waals surface area (Å²) in [6.45, 7) is 3.90. The van der Waals surface area contributed by atoms with E-state index in [1.54, 1.807) is 0 Å². The van der Waals surface area contributed by atoms with Gasteiger partial charge in [-0.2, -0.15) is 0 Å². The quantitative estimate of drug-likeness (QED) is 0.895. The Morgan fingerprint density at radius 3 is 2.74 bits per heavy atom. The molecule has 104 valence electrons. The summed E-state index contributed by atoms with van der Waals surface area (Å²) in [6, 6.07) is 7.85. The fraction of sp³-hybridized carbons (Fsp3) is 0.533. The van der Waals surface area contributed by atoms with E-state index in [9.17, 15) is 4.79 Å². The van der Waals surface area contributed by atoms with Crippen molar-refractivity contribution in [3.63, 3.8) is 0 Å². The van der Waals surface area contributed by atoms with Gasteiger partial charge in [0.15, 0.2) is 0 Å². The summed E-state index contributed by atoms with van der Waals surface area (Å²) >= 11 is 5.89. The van der Waals surface area contributed by atoms with Gasteiger partial charge >= 0.3 is 5.97 Å². The molecule has 0 radical (unpaired) electrons. The fourth-order valence-electron chi connectivity index (χ4n) is 2.76. The maximum absolute atomic E-state index is 11.1. The van der Waals surface area contributed by atoms with Crippen LogP contribution in [-0.4, -0.2) is 24.2 Å². The predicted molar refractivity (Wildman–Crippen MR) is 77.8 cm³/mol. The number of halogens is 1. The molecule has 2 unspecified atom stereocenters. The molecule has 0 aromatic heterocycles. The van der Waals surface area contributed by atoms with Crippen molar-refractivity contribution in [2.75, 3.05) is 18.0 Å². The molecule has 1 fully saturated rings. The lowest BCUT2D eigenvalue weighted by Crippen LogP contribution is -2.22. The highest BCUT2D eigenvalue weighted by Crippen LogP contribution is 2.29. The molecule has 0 aliphatic carbocycles. The molecule has 0 saturated carbocycles. The van der Waals surface area contributed by atoms with Crippen LogP contribution in [0.3, 0.4) is 0 Å². The molecule has 0 bridgehead atoms. The molecular formula is C15H20ClNO2. The lowest BCUT2D eigenvalue weighted by atomic mass is 9.92. The molecule has 1 aliphatic heterocycles. The van der Waals surface area contributed by atoms with Crippen LogP contribution in [0.2, 0.25) is 5.02 Å². The Kier molecular flexibility index (Phi) is 4.70. The van der Waals surface area contributed by atoms with E-state index >= 15 is 0 Å². The average Bonchev–Trinajstić information content (AvgIpc) is 2.85. The van der Waals surface area contributed by atoms with Crippen molar-refractivity contribution in [2.45, 2.75) is 26.2 Å². The number of carboxylic acid groups (broad SMARTS) is 1. The lowest BCUT2D eigenvalue weighted by molar-refractivity contribution is -0.142. The number of anilines is 1. The van der Waals surface area contributed by atoms with Gasteiger partial charge in [0.2, 0.25) is 0 Å². The third-order valence-electron chi connectivity index (χ3n) is 3.94. The van der Waals surface area contributed by atoms with Gasteiger partial charge in [-0.05, 0) is 49.4 Å². The van der Waals surface area contributed by atoms with Crippen LogP contribution in [-0.2, 0) is 4.79 Å². The number of benzene rings is 1. The summed E-state index contributed by atoms with van der Waals surface area (Å²) in [7, 11) is 0. The van der Waals surface area contributed by atoms with Crippen molar-refractivity contribution in [3.8, 4) is 0 Å². The minimum Gasteiger partial charge on any atom is -0.481 e. The molecule has 0 amide bonds. The minimum absolute atomic E-state index is 0.199. The zero-order valence-electron chi connectivity index (χ0n) is 11.2. The summed E-state index contributed by atoms with van der Waals surface area (Å²) in [6.07, 6.45) is 2.58. The van der Waals surface area contributed by atoms with Crippen molar-refractivity contribution in [1.82, 2.24) is 0 Å². The van der Waals surface area contributed by atoms with Crippen LogP contribution in [0.5, 0.6) is 0 Å². The van der Waals surface area contributed by atoms with E-state index in [1.165, 1.54) is 5.69 Å². The summed E-state index contributed by atoms with van der Waals surface area (Å²) < 4.78 is 0. The smallest absolute Gasteiger partial charge is 0.306 e. The largest absolute Gasteiger partial charge is 0.481 e. The van der Waals surface area contributed by atoms with E-state index in [0.717, 1.165) is 31.0 Å². The molecule has 0 spiro atoms. The number of nitrogens with zero attached hydrogens (tertiary/aromatic N) is 1. The fourth-order valence-corrected chi connectivity index (χ4v) is 2.88. The summed E-state index contributed by atoms with van der Waals surface area (Å²) in [5.74, 6) is -0.376. The number of hydrogen-bond acceptors (Lipinski definition) is 2. The van der Waals surface area contributed by atoms with E-state index in [4.69, 9.17) is 16.7 Å². The molecule has 4 heteroatoms. The van der Waals surface area contributed by atoms with Crippen LogP contribution < -0.4 is 4.90 Å². The van der Waals surface area contributed by atoms with Crippen LogP contribution in [0.1, 0.15) is 26.2 Å². The molecule has 2 atom stereocenters. The van der Waals surface area contributed by atoms with E-state index in [1.807, 2.05) is 31.2 Å². The van der Waals surface area contributed by atoms with Gasteiger partial charge in [-0.15, -0.1) is 0 Å². The topological polar surface area (TPSA) is 40.5 Å². The molecule has 2 rings (SSSR count). The third-order valence-corrected chi connectivity index (χ3v) is 4.19. The zero-order chi connectivity index (χ0) is 13.8. The number of hydrogen-bond donors (Lipinski definition) is 1. The second-order valence-corrected chi connectivity index (χ2v) is 5.69. The van der Waals surface area contributed by atoms with Crippen molar-refractivity contribution < 1.29 is 9.90 Å². The first-order valence-electron chi connectivity index (χ1n) is 6.83. The molecule has 1 aromatic rings. The van der Waals surface area contributed by atoms with Crippen molar-refractivity contribution in [1.29, 1.82) is 0 Å². The molecular weight excluding hydrogens is 262 g/mol. The SMILES string of the molecule is CCC(CC1CCN(c2ccc(Cl)cc2)C1)C(=O)O. The monoisotopic (exact) mass is 281 g/mol. The van der Waals surface area contributed by atoms with Crippen LogP contribution in [0.25, 0.3) is 0 Å². The van der Waals surface area contributed by atoms with E-state index < -0.39 is 5.97 Å². The predicted octanol–water partition coefficient (Wildman–Crippen LogP) is 3.67. The number of rotatable bonds is 5. The summed E-state index contributed by atoms with van der Waals surface area (Å²) in [5.41, 5.74) is 1.18. The van der Waals surface area contributed by atoms with Gasteiger partial charge in [0.05, 0.1) is 5.92 Å². The first kappa shape index (κ1) is 14.2. The van der Waals surface area contributed by atoms with Gasteiger partial charge in [0.1, 0.15) is 0 Å². The minimum atomic E-state index is -0.660. The maximum Gasteiger partial charge on any atom is 0.306 e. The van der Waals surface area contributed by atoms with Crippen LogP contribution in [0.15, 0.2) is 24.3 Å². The molecule has 1 aliphatic rings. The Bertz CT molecular complexity index is 432. The molecule has 3 nitrogen and oxygen atoms in total. The summed E-state index contributed by atoms with van der Waals surface area (Å²) in [4.78, 5) is 13.4. The molecule has 1 saturated heterocycles. The first-order valence-corrected chi connectivity index (χ1v) is 7.21. The zero-order valence-corrected chi connectivity index (χ0v) is 11.9. The van der Waals surface area contributed by atoms with Crippen LogP contribution in [0.4, 0.5) is 5.69 Å². The van der Waals surface area contributed by atoms with Gasteiger partial charge in [-0.3, -0.25) is 4.79 Å². The Hall–Kier alpha value is -1.22. The molecule has 19 heavy (non-hydrogen) atoms. The Morgan fingerprint density at radius 1 is 1.47 bits per heavy atom. The highest BCUT2D eigenvalue weighted by atomic mass is 35.5. The van der Waals surface area contributed by atoms with Gasteiger partial charge < -0.3 is 10.0 Å². The van der Waals surface area contributed by atoms with Crippen LogP contribution in [0, 0.1) is 11.8 Å². The second kappa shape index (κ2) is 6.29. The standard InChI is InChI=1S/C15H20ClNO2/c1-2-12(15(18)19)9-11-7-8-17(10-11)14-5-3-13(16)4-6-14/h3-6,11-12H,2,7-10H2,1H3,(H,18,19). The highest BCUT2D eigenvalue weighted by Gasteiger charge is 2.27. The first-order chi connectivity index (χ1) is 9.10. The van der Waals surface area contributed by atoms with Gasteiger partial charge in [-0.1, -0.05) is 18.5 Å². The molecule has 1 heterocycles. The molecule has 1 N–H and O–H groups in total. The summed E-state index contributed by atoms with van der Waals surface area (Å²) in [5, 5.41) is 9.87. The van der Waals surface area contributed by atoms with Gasteiger partial charge in [0.25, 0.3) is 0 Å². The lowest BCUT2D eigenvalue weighted by Gasteiger charge is -2.20. The van der Waals surface area contributed by atoms with E-state index in [-0.39, 0.29) is 5.92 Å². The van der Waals surface area contributed by atoms with Gasteiger partial charge in [0, 0.05) is 23.8 Å². The number of aliphatic carboxylic acids is 1. The third kappa shape index (κ3) is 3.63. The normalized spacial score (nSPS) is 20.5. The van der Waals surface area contributed by atoms with Crippen LogP contribution >= 0.6 is 11.6 Å². The Labute approximate surface area is 119 Å². The maximum atomic E-state index is 11.1. The van der Waals surface area contributed by atoms with Gasteiger partial charge in [-0.25, -0.2) is 0 Å².